The second-order valence-corrected chi connectivity index (χ2v) is 6.30. The van der Waals surface area contributed by atoms with Crippen LogP contribution in [0.25, 0.3) is 0 Å². The fourth-order valence-electron chi connectivity index (χ4n) is 2.89. The first-order valence-corrected chi connectivity index (χ1v) is 7.75. The van der Waals surface area contributed by atoms with E-state index in [2.05, 4.69) is 24.4 Å². The van der Waals surface area contributed by atoms with E-state index in [-0.39, 0.29) is 12.1 Å². The summed E-state index contributed by atoms with van der Waals surface area (Å²) in [6, 6.07) is 12.0. The Morgan fingerprint density at radius 1 is 1.10 bits per heavy atom. The quantitative estimate of drug-likeness (QED) is 0.890. The third-order valence-electron chi connectivity index (χ3n) is 3.76. The van der Waals surface area contributed by atoms with Crippen molar-refractivity contribution in [1.29, 1.82) is 0 Å². The van der Waals surface area contributed by atoms with Gasteiger partial charge in [-0.15, -0.1) is 0 Å². The Labute approximate surface area is 135 Å². The van der Waals surface area contributed by atoms with Crippen molar-refractivity contribution in [3.63, 3.8) is 0 Å². The normalized spacial score (nSPS) is 18.2. The zero-order valence-corrected chi connectivity index (χ0v) is 13.5. The van der Waals surface area contributed by atoms with Gasteiger partial charge in [-0.2, -0.15) is 0 Å². The first kappa shape index (κ1) is 14.7. The number of hydrogen-bond donors (Lipinski definition) is 1. The van der Waals surface area contributed by atoms with Crippen LogP contribution in [-0.2, 0) is 6.42 Å². The Morgan fingerprint density at radius 2 is 1.81 bits per heavy atom. The van der Waals surface area contributed by atoms with Gasteiger partial charge in [-0.3, -0.25) is 0 Å². The van der Waals surface area contributed by atoms with Gasteiger partial charge in [0.05, 0.1) is 6.04 Å². The Bertz CT molecular complexity index is 652. The Hall–Kier alpha value is -1.22. The molecule has 2 aromatic carbocycles. The number of ether oxygens (including phenoxy) is 1. The molecule has 110 valence electrons. The van der Waals surface area contributed by atoms with Crippen molar-refractivity contribution in [2.75, 3.05) is 7.05 Å². The molecule has 2 nitrogen and oxygen atoms in total. The maximum absolute atomic E-state index is 6.12. The van der Waals surface area contributed by atoms with E-state index in [9.17, 15) is 0 Å². The summed E-state index contributed by atoms with van der Waals surface area (Å²) in [7, 11) is 1.94. The van der Waals surface area contributed by atoms with Gasteiger partial charge in [0.2, 0.25) is 0 Å². The van der Waals surface area contributed by atoms with E-state index in [1.165, 1.54) is 11.1 Å². The topological polar surface area (TPSA) is 21.3 Å². The van der Waals surface area contributed by atoms with Gasteiger partial charge < -0.3 is 10.1 Å². The molecule has 1 aliphatic rings. The standard InChI is InChI=1S/C17H17Cl2NO/c1-10-5-12-6-11(3-4-16(12)21-10)17(20-2)13-7-14(18)9-15(19)8-13/h3-4,6-10,17,20H,5H2,1-2H3. The number of rotatable bonds is 3. The van der Waals surface area contributed by atoms with Crippen molar-refractivity contribution in [2.45, 2.75) is 25.5 Å². The number of halogens is 2. The van der Waals surface area contributed by atoms with E-state index >= 15 is 0 Å². The average Bonchev–Trinajstić information content (AvgIpc) is 2.78. The molecule has 0 aliphatic carbocycles. The highest BCUT2D eigenvalue weighted by Crippen LogP contribution is 2.34. The summed E-state index contributed by atoms with van der Waals surface area (Å²) >= 11 is 12.2. The van der Waals surface area contributed by atoms with Crippen molar-refractivity contribution in [3.05, 3.63) is 63.1 Å². The lowest BCUT2D eigenvalue weighted by molar-refractivity contribution is 0.254. The molecule has 0 aromatic heterocycles. The molecule has 0 bridgehead atoms. The van der Waals surface area contributed by atoms with Crippen molar-refractivity contribution >= 4 is 23.2 Å². The van der Waals surface area contributed by atoms with Crippen LogP contribution >= 0.6 is 23.2 Å². The van der Waals surface area contributed by atoms with Gasteiger partial charge in [0, 0.05) is 16.5 Å². The largest absolute Gasteiger partial charge is 0.490 e. The minimum absolute atomic E-state index is 0.0578. The van der Waals surface area contributed by atoms with Gasteiger partial charge >= 0.3 is 0 Å². The molecule has 0 radical (unpaired) electrons. The summed E-state index contributed by atoms with van der Waals surface area (Å²) in [6.45, 7) is 2.09. The van der Waals surface area contributed by atoms with Crippen molar-refractivity contribution in [3.8, 4) is 5.75 Å². The lowest BCUT2D eigenvalue weighted by Gasteiger charge is -2.18. The molecular formula is C17H17Cl2NO. The fourth-order valence-corrected chi connectivity index (χ4v) is 3.43. The molecular weight excluding hydrogens is 305 g/mol. The predicted molar refractivity (Wildman–Crippen MR) is 87.6 cm³/mol. The lowest BCUT2D eigenvalue weighted by atomic mass is 9.96. The summed E-state index contributed by atoms with van der Waals surface area (Å²) in [5.41, 5.74) is 3.50. The third kappa shape index (κ3) is 3.03. The van der Waals surface area contributed by atoms with Crippen molar-refractivity contribution < 1.29 is 4.74 Å². The molecule has 1 aliphatic heterocycles. The molecule has 0 amide bonds. The van der Waals surface area contributed by atoms with Gasteiger partial charge in [-0.05, 0) is 54.9 Å². The van der Waals surface area contributed by atoms with Crippen LogP contribution in [0.1, 0.15) is 29.7 Å². The Balaban J connectivity index is 1.99. The van der Waals surface area contributed by atoms with Crippen LogP contribution in [0.15, 0.2) is 36.4 Å². The number of benzene rings is 2. The molecule has 2 aromatic rings. The van der Waals surface area contributed by atoms with Gasteiger partial charge in [0.25, 0.3) is 0 Å². The van der Waals surface area contributed by atoms with E-state index in [1.807, 2.05) is 25.2 Å². The monoisotopic (exact) mass is 321 g/mol. The lowest BCUT2D eigenvalue weighted by Crippen LogP contribution is -2.17. The maximum atomic E-state index is 6.12. The van der Waals surface area contributed by atoms with Gasteiger partial charge in [-0.1, -0.05) is 35.3 Å². The minimum atomic E-state index is 0.0578. The van der Waals surface area contributed by atoms with E-state index in [1.54, 1.807) is 6.07 Å². The number of nitrogens with one attached hydrogen (secondary N) is 1. The minimum Gasteiger partial charge on any atom is -0.490 e. The SMILES string of the molecule is CNC(c1cc(Cl)cc(Cl)c1)c1ccc2c(c1)CC(C)O2. The third-order valence-corrected chi connectivity index (χ3v) is 4.20. The summed E-state index contributed by atoms with van der Waals surface area (Å²) in [4.78, 5) is 0. The second-order valence-electron chi connectivity index (χ2n) is 5.42. The molecule has 3 rings (SSSR count). The summed E-state index contributed by atoms with van der Waals surface area (Å²) in [5.74, 6) is 0.991. The zero-order valence-electron chi connectivity index (χ0n) is 12.0. The van der Waals surface area contributed by atoms with Crippen LogP contribution in [0.5, 0.6) is 5.75 Å². The maximum Gasteiger partial charge on any atom is 0.123 e. The summed E-state index contributed by atoms with van der Waals surface area (Å²) < 4.78 is 5.76. The van der Waals surface area contributed by atoms with Gasteiger partial charge in [0.1, 0.15) is 11.9 Å². The van der Waals surface area contributed by atoms with Crippen molar-refractivity contribution in [1.82, 2.24) is 5.32 Å². The smallest absolute Gasteiger partial charge is 0.123 e. The first-order valence-electron chi connectivity index (χ1n) is 6.99. The van der Waals surface area contributed by atoms with Crippen LogP contribution in [0, 0.1) is 0 Å². The Kier molecular flexibility index (Phi) is 4.12. The Morgan fingerprint density at radius 3 is 2.48 bits per heavy atom. The van der Waals surface area contributed by atoms with Crippen LogP contribution in [-0.4, -0.2) is 13.2 Å². The molecule has 2 unspecified atom stereocenters. The van der Waals surface area contributed by atoms with Gasteiger partial charge in [0.15, 0.2) is 0 Å². The zero-order chi connectivity index (χ0) is 15.0. The second kappa shape index (κ2) is 5.88. The number of hydrogen-bond acceptors (Lipinski definition) is 2. The number of fused-ring (bicyclic) bond motifs is 1. The highest BCUT2D eigenvalue weighted by Gasteiger charge is 2.21. The van der Waals surface area contributed by atoms with E-state index < -0.39 is 0 Å². The van der Waals surface area contributed by atoms with Crippen LogP contribution in [0.4, 0.5) is 0 Å². The van der Waals surface area contributed by atoms with E-state index in [4.69, 9.17) is 27.9 Å². The highest BCUT2D eigenvalue weighted by molar-refractivity contribution is 6.34. The highest BCUT2D eigenvalue weighted by atomic mass is 35.5. The molecule has 4 heteroatoms. The van der Waals surface area contributed by atoms with Crippen LogP contribution < -0.4 is 10.1 Å². The molecule has 21 heavy (non-hydrogen) atoms. The predicted octanol–water partition coefficient (Wildman–Crippen LogP) is 4.63. The fraction of sp³-hybridized carbons (Fsp3) is 0.294. The van der Waals surface area contributed by atoms with Gasteiger partial charge in [-0.25, -0.2) is 0 Å². The van der Waals surface area contributed by atoms with E-state index in [0.29, 0.717) is 10.0 Å². The van der Waals surface area contributed by atoms with Crippen molar-refractivity contribution in [2.24, 2.45) is 0 Å². The molecule has 0 fully saturated rings. The van der Waals surface area contributed by atoms with Crippen LogP contribution in [0.3, 0.4) is 0 Å². The molecule has 1 N–H and O–H groups in total. The molecule has 2 atom stereocenters. The molecule has 0 saturated carbocycles. The van der Waals surface area contributed by atoms with E-state index in [0.717, 1.165) is 17.7 Å². The average molecular weight is 322 g/mol. The molecule has 1 heterocycles. The summed E-state index contributed by atoms with van der Waals surface area (Å²) in [5, 5.41) is 4.63. The summed E-state index contributed by atoms with van der Waals surface area (Å²) in [6.07, 6.45) is 1.21. The molecule has 0 saturated heterocycles. The molecule has 0 spiro atoms. The van der Waals surface area contributed by atoms with Crippen LogP contribution in [0.2, 0.25) is 10.0 Å². The first-order chi connectivity index (χ1) is 10.1.